The Labute approximate surface area is 170 Å². The third-order valence-corrected chi connectivity index (χ3v) is 4.96. The fourth-order valence-electron chi connectivity index (χ4n) is 3.49. The van der Waals surface area contributed by atoms with Crippen LogP contribution < -0.4 is 5.32 Å². The Bertz CT molecular complexity index is 1420. The van der Waals surface area contributed by atoms with Gasteiger partial charge < -0.3 is 5.32 Å². The predicted molar refractivity (Wildman–Crippen MR) is 112 cm³/mol. The molecule has 0 saturated carbocycles. The highest BCUT2D eigenvalue weighted by molar-refractivity contribution is 6.07. The summed E-state index contributed by atoms with van der Waals surface area (Å²) in [5, 5.41) is 4.78. The summed E-state index contributed by atoms with van der Waals surface area (Å²) < 4.78 is 29.9. The molecule has 2 aromatic heterocycles. The van der Waals surface area contributed by atoms with Gasteiger partial charge in [0.15, 0.2) is 0 Å². The number of halogens is 2. The number of pyridine rings is 1. The van der Waals surface area contributed by atoms with Crippen LogP contribution in [0.15, 0.2) is 85.1 Å². The lowest BCUT2D eigenvalue weighted by Gasteiger charge is -2.09. The standard InChI is InChI=1S/C24H15F2N3O/c25-18-10-11-20(26)19(14-18)22-23(29-12-4-3-7-21(29)27-22)28-24(30)17-9-8-15-5-1-2-6-16(15)13-17/h1-14H,(H,28,30). The molecule has 1 N–H and O–H groups in total. The maximum atomic E-state index is 14.5. The Kier molecular flexibility index (Phi) is 4.25. The lowest BCUT2D eigenvalue weighted by Crippen LogP contribution is -2.14. The van der Waals surface area contributed by atoms with Crippen molar-refractivity contribution in [3.63, 3.8) is 0 Å². The average Bonchev–Trinajstić information content (AvgIpc) is 3.13. The van der Waals surface area contributed by atoms with Crippen LogP contribution in [0, 0.1) is 11.6 Å². The summed E-state index contributed by atoms with van der Waals surface area (Å²) in [6.07, 6.45) is 1.71. The van der Waals surface area contributed by atoms with Gasteiger partial charge in [0, 0.05) is 17.3 Å². The van der Waals surface area contributed by atoms with Crippen molar-refractivity contribution >= 4 is 28.1 Å². The van der Waals surface area contributed by atoms with E-state index in [0.29, 0.717) is 11.2 Å². The minimum atomic E-state index is -0.624. The van der Waals surface area contributed by atoms with Crippen LogP contribution in [0.2, 0.25) is 0 Å². The fourth-order valence-corrected chi connectivity index (χ4v) is 3.49. The highest BCUT2D eigenvalue weighted by atomic mass is 19.1. The molecule has 0 atom stereocenters. The number of rotatable bonds is 3. The van der Waals surface area contributed by atoms with Gasteiger partial charge in [-0.1, -0.05) is 36.4 Å². The zero-order chi connectivity index (χ0) is 20.7. The van der Waals surface area contributed by atoms with Gasteiger partial charge in [-0.25, -0.2) is 13.8 Å². The highest BCUT2D eigenvalue weighted by Crippen LogP contribution is 2.31. The van der Waals surface area contributed by atoms with Crippen LogP contribution in [0.1, 0.15) is 10.4 Å². The molecule has 5 aromatic rings. The smallest absolute Gasteiger partial charge is 0.256 e. The topological polar surface area (TPSA) is 46.4 Å². The number of imidazole rings is 1. The Morgan fingerprint density at radius 2 is 1.67 bits per heavy atom. The van der Waals surface area contributed by atoms with E-state index in [0.717, 1.165) is 29.0 Å². The molecule has 0 aliphatic carbocycles. The summed E-state index contributed by atoms with van der Waals surface area (Å²) in [6, 6.07) is 21.5. The molecular formula is C24H15F2N3O. The van der Waals surface area contributed by atoms with E-state index in [1.165, 1.54) is 0 Å². The van der Waals surface area contributed by atoms with E-state index in [9.17, 15) is 13.6 Å². The van der Waals surface area contributed by atoms with Crippen molar-refractivity contribution < 1.29 is 13.6 Å². The first kappa shape index (κ1) is 18.0. The Balaban J connectivity index is 1.62. The average molecular weight is 399 g/mol. The van der Waals surface area contributed by atoms with Crippen molar-refractivity contribution in [3.05, 3.63) is 102 Å². The second kappa shape index (κ2) is 7.08. The van der Waals surface area contributed by atoms with Gasteiger partial charge in [-0.15, -0.1) is 0 Å². The zero-order valence-electron chi connectivity index (χ0n) is 15.6. The molecule has 0 unspecified atom stereocenters. The van der Waals surface area contributed by atoms with Crippen LogP contribution in [0.3, 0.4) is 0 Å². The largest absolute Gasteiger partial charge is 0.306 e. The summed E-state index contributed by atoms with van der Waals surface area (Å²) in [5.74, 6) is -1.31. The monoisotopic (exact) mass is 399 g/mol. The summed E-state index contributed by atoms with van der Waals surface area (Å²) in [5.41, 5.74) is 1.09. The van der Waals surface area contributed by atoms with E-state index in [-0.39, 0.29) is 23.0 Å². The molecule has 0 aliphatic rings. The molecular weight excluding hydrogens is 384 g/mol. The Morgan fingerprint density at radius 1 is 0.867 bits per heavy atom. The van der Waals surface area contributed by atoms with Gasteiger partial charge in [-0.3, -0.25) is 9.20 Å². The number of carbonyl (C=O) groups is 1. The van der Waals surface area contributed by atoms with Crippen molar-refractivity contribution in [2.45, 2.75) is 0 Å². The van der Waals surface area contributed by atoms with Crippen molar-refractivity contribution in [2.24, 2.45) is 0 Å². The van der Waals surface area contributed by atoms with Gasteiger partial charge in [-0.2, -0.15) is 0 Å². The lowest BCUT2D eigenvalue weighted by molar-refractivity contribution is 0.102. The van der Waals surface area contributed by atoms with Gasteiger partial charge in [0.05, 0.1) is 0 Å². The van der Waals surface area contributed by atoms with Gasteiger partial charge in [0.25, 0.3) is 5.91 Å². The van der Waals surface area contributed by atoms with E-state index in [2.05, 4.69) is 10.3 Å². The van der Waals surface area contributed by atoms with E-state index < -0.39 is 11.6 Å². The number of benzene rings is 3. The molecule has 0 radical (unpaired) electrons. The van der Waals surface area contributed by atoms with Crippen LogP contribution in [-0.4, -0.2) is 15.3 Å². The molecule has 4 nitrogen and oxygen atoms in total. The number of carbonyl (C=O) groups excluding carboxylic acids is 1. The van der Waals surface area contributed by atoms with Crippen LogP contribution in [-0.2, 0) is 0 Å². The lowest BCUT2D eigenvalue weighted by atomic mass is 10.1. The van der Waals surface area contributed by atoms with Crippen LogP contribution in [0.5, 0.6) is 0 Å². The number of nitrogens with zero attached hydrogens (tertiary/aromatic N) is 2. The normalized spacial score (nSPS) is 11.1. The molecule has 2 heterocycles. The molecule has 0 spiro atoms. The van der Waals surface area contributed by atoms with Gasteiger partial charge in [0.1, 0.15) is 28.8 Å². The minimum absolute atomic E-state index is 0.0208. The first-order chi connectivity index (χ1) is 14.6. The summed E-state index contributed by atoms with van der Waals surface area (Å²) in [7, 11) is 0. The SMILES string of the molecule is O=C(Nc1c(-c2cc(F)ccc2F)nc2ccccn12)c1ccc2ccccc2c1. The van der Waals surface area contributed by atoms with E-state index in [1.807, 2.05) is 30.3 Å². The molecule has 0 aliphatic heterocycles. The van der Waals surface area contributed by atoms with Gasteiger partial charge in [0.2, 0.25) is 0 Å². The number of aromatic nitrogens is 2. The molecule has 1 amide bonds. The number of amides is 1. The van der Waals surface area contributed by atoms with Crippen molar-refractivity contribution in [2.75, 3.05) is 5.32 Å². The van der Waals surface area contributed by atoms with Gasteiger partial charge >= 0.3 is 0 Å². The summed E-state index contributed by atoms with van der Waals surface area (Å²) in [6.45, 7) is 0. The van der Waals surface area contributed by atoms with Crippen molar-refractivity contribution in [1.82, 2.24) is 9.38 Å². The van der Waals surface area contributed by atoms with Crippen molar-refractivity contribution in [3.8, 4) is 11.3 Å². The predicted octanol–water partition coefficient (Wildman–Crippen LogP) is 5.69. The second-order valence-electron chi connectivity index (χ2n) is 6.88. The molecule has 30 heavy (non-hydrogen) atoms. The maximum Gasteiger partial charge on any atom is 0.256 e. The minimum Gasteiger partial charge on any atom is -0.306 e. The molecule has 3 aromatic carbocycles. The van der Waals surface area contributed by atoms with Gasteiger partial charge in [-0.05, 0) is 53.2 Å². The second-order valence-corrected chi connectivity index (χ2v) is 6.88. The first-order valence-electron chi connectivity index (χ1n) is 9.33. The van der Waals surface area contributed by atoms with Crippen LogP contribution in [0.25, 0.3) is 27.7 Å². The molecule has 5 rings (SSSR count). The number of hydrogen-bond donors (Lipinski definition) is 1. The first-order valence-corrected chi connectivity index (χ1v) is 9.33. The molecule has 146 valence electrons. The Hall–Kier alpha value is -4.06. The zero-order valence-corrected chi connectivity index (χ0v) is 15.6. The molecule has 0 saturated heterocycles. The molecule has 0 fully saturated rings. The quantitative estimate of drug-likeness (QED) is 0.424. The van der Waals surface area contributed by atoms with E-state index >= 15 is 0 Å². The number of hydrogen-bond acceptors (Lipinski definition) is 2. The van der Waals surface area contributed by atoms with Crippen LogP contribution >= 0.6 is 0 Å². The number of fused-ring (bicyclic) bond motifs is 2. The van der Waals surface area contributed by atoms with E-state index in [4.69, 9.17) is 0 Å². The number of anilines is 1. The fraction of sp³-hybridized carbons (Fsp3) is 0. The number of nitrogens with one attached hydrogen (secondary N) is 1. The maximum absolute atomic E-state index is 14.5. The third-order valence-electron chi connectivity index (χ3n) is 4.96. The van der Waals surface area contributed by atoms with E-state index in [1.54, 1.807) is 40.9 Å². The molecule has 0 bridgehead atoms. The highest BCUT2D eigenvalue weighted by Gasteiger charge is 2.20. The van der Waals surface area contributed by atoms with Crippen molar-refractivity contribution in [1.29, 1.82) is 0 Å². The summed E-state index contributed by atoms with van der Waals surface area (Å²) in [4.78, 5) is 17.4. The van der Waals surface area contributed by atoms with Crippen LogP contribution in [0.4, 0.5) is 14.6 Å². The molecule has 6 heteroatoms. The third kappa shape index (κ3) is 3.08. The Morgan fingerprint density at radius 3 is 2.53 bits per heavy atom. The summed E-state index contributed by atoms with van der Waals surface area (Å²) >= 11 is 0.